The minimum absolute atomic E-state index is 0.149. The molecule has 176 valence electrons. The van der Waals surface area contributed by atoms with E-state index in [0.29, 0.717) is 22.8 Å². The fraction of sp³-hybridized carbons (Fsp3) is 0.269. The molecule has 0 radical (unpaired) electrons. The van der Waals surface area contributed by atoms with E-state index in [-0.39, 0.29) is 23.3 Å². The number of methoxy groups -OCH3 is 1. The number of hydrogen-bond acceptors (Lipinski definition) is 7. The highest BCUT2D eigenvalue weighted by Gasteiger charge is 2.23. The fourth-order valence-electron chi connectivity index (χ4n) is 4.06. The molecule has 2 atom stereocenters. The van der Waals surface area contributed by atoms with Gasteiger partial charge in [-0.2, -0.15) is 5.10 Å². The van der Waals surface area contributed by atoms with Crippen LogP contribution in [0.5, 0.6) is 5.75 Å². The molecule has 8 heteroatoms. The first kappa shape index (κ1) is 23.3. The Kier molecular flexibility index (Phi) is 7.08. The molecule has 1 saturated heterocycles. The fourth-order valence-corrected chi connectivity index (χ4v) is 4.06. The van der Waals surface area contributed by atoms with Crippen molar-refractivity contribution in [3.05, 3.63) is 89.0 Å². The van der Waals surface area contributed by atoms with Gasteiger partial charge in [-0.25, -0.2) is 9.67 Å². The zero-order valence-electron chi connectivity index (χ0n) is 19.6. The van der Waals surface area contributed by atoms with Gasteiger partial charge in [-0.3, -0.25) is 4.79 Å². The molecule has 0 unspecified atom stereocenters. The van der Waals surface area contributed by atoms with Crippen LogP contribution in [0.1, 0.15) is 19.5 Å². The van der Waals surface area contributed by atoms with E-state index >= 15 is 0 Å². The molecule has 34 heavy (non-hydrogen) atoms. The van der Waals surface area contributed by atoms with Crippen LogP contribution in [0.15, 0.2) is 82.9 Å². The molecule has 2 N–H and O–H groups in total. The number of ether oxygens (including phenoxy) is 2. The maximum atomic E-state index is 12.7. The summed E-state index contributed by atoms with van der Waals surface area (Å²) in [6, 6.07) is 16.8. The summed E-state index contributed by atoms with van der Waals surface area (Å²) in [5.41, 5.74) is 8.40. The van der Waals surface area contributed by atoms with Crippen molar-refractivity contribution in [2.75, 3.05) is 25.1 Å². The van der Waals surface area contributed by atoms with Gasteiger partial charge in [0.1, 0.15) is 11.4 Å². The van der Waals surface area contributed by atoms with Crippen molar-refractivity contribution in [1.29, 1.82) is 0 Å². The van der Waals surface area contributed by atoms with Crippen molar-refractivity contribution in [1.82, 2.24) is 9.78 Å². The molecule has 2 aromatic carbocycles. The van der Waals surface area contributed by atoms with Crippen molar-refractivity contribution in [2.24, 2.45) is 10.7 Å². The molecule has 0 bridgehead atoms. The largest absolute Gasteiger partial charge is 0.494 e. The second-order valence-electron chi connectivity index (χ2n) is 8.18. The minimum atomic E-state index is -0.254. The molecule has 1 aromatic heterocycles. The van der Waals surface area contributed by atoms with Gasteiger partial charge in [0.2, 0.25) is 5.43 Å². The first-order valence-corrected chi connectivity index (χ1v) is 11.2. The Hall–Kier alpha value is -3.91. The second kappa shape index (κ2) is 10.4. The summed E-state index contributed by atoms with van der Waals surface area (Å²) in [6.45, 7) is 5.75. The van der Waals surface area contributed by atoms with Crippen LogP contribution >= 0.6 is 0 Å². The van der Waals surface area contributed by atoms with Crippen molar-refractivity contribution in [2.45, 2.75) is 26.1 Å². The Balaban J connectivity index is 1.73. The Morgan fingerprint density at radius 2 is 1.88 bits per heavy atom. The lowest BCUT2D eigenvalue weighted by Crippen LogP contribution is -2.45. The summed E-state index contributed by atoms with van der Waals surface area (Å²) < 4.78 is 13.2. The minimum Gasteiger partial charge on any atom is -0.494 e. The maximum absolute atomic E-state index is 12.7. The molecule has 2 heterocycles. The number of anilines is 1. The number of nitrogens with zero attached hydrogens (tertiary/aromatic N) is 4. The average Bonchev–Trinajstić information content (AvgIpc) is 2.84. The Bertz CT molecular complexity index is 1240. The Morgan fingerprint density at radius 3 is 2.56 bits per heavy atom. The first-order valence-electron chi connectivity index (χ1n) is 11.2. The molecule has 1 fully saturated rings. The van der Waals surface area contributed by atoms with Gasteiger partial charge in [0.25, 0.3) is 0 Å². The second-order valence-corrected chi connectivity index (χ2v) is 8.18. The van der Waals surface area contributed by atoms with Gasteiger partial charge < -0.3 is 20.1 Å². The smallest absolute Gasteiger partial charge is 0.209 e. The summed E-state index contributed by atoms with van der Waals surface area (Å²) >= 11 is 0. The third-order valence-corrected chi connectivity index (χ3v) is 5.51. The molecular formula is C26H29N5O3. The van der Waals surface area contributed by atoms with E-state index < -0.39 is 0 Å². The zero-order chi connectivity index (χ0) is 24.1. The van der Waals surface area contributed by atoms with Crippen LogP contribution in [0.3, 0.4) is 0 Å². The quantitative estimate of drug-likeness (QED) is 0.568. The number of nitrogens with two attached hydrogens (primary N) is 1. The Labute approximate surface area is 199 Å². The number of morpholine rings is 1. The number of hydrogen-bond donors (Lipinski definition) is 1. The standard InChI is InChI=1S/C26H29N5O3/c1-18-16-30(17-19(2)34-18)21-9-10-23(25(15-21)33-3)31-14-12-24(32)26(29-31)22(11-13-27)28-20-7-5-4-6-8-20/h4-15,18-19H,16-17,27H2,1-3H3/t18-,19+. The summed E-state index contributed by atoms with van der Waals surface area (Å²) in [4.78, 5) is 19.6. The first-order chi connectivity index (χ1) is 16.5. The third-order valence-electron chi connectivity index (χ3n) is 5.51. The molecule has 1 aliphatic rings. The van der Waals surface area contributed by atoms with Crippen molar-refractivity contribution in [3.63, 3.8) is 0 Å². The predicted molar refractivity (Wildman–Crippen MR) is 135 cm³/mol. The normalized spacial score (nSPS) is 18.9. The van der Waals surface area contributed by atoms with Crippen LogP contribution in [0, 0.1) is 0 Å². The molecule has 0 amide bonds. The summed E-state index contributed by atoms with van der Waals surface area (Å²) in [6.07, 6.45) is 4.84. The SMILES string of the molecule is COc1cc(N2C[C@@H](C)O[C@@H](C)C2)ccc1-n1ccc(=O)c(C(C=CN)=Nc2ccccc2)n1. The van der Waals surface area contributed by atoms with E-state index in [4.69, 9.17) is 15.2 Å². The molecule has 1 aliphatic heterocycles. The van der Waals surface area contributed by atoms with Gasteiger partial charge in [0.15, 0.2) is 5.69 Å². The lowest BCUT2D eigenvalue weighted by Gasteiger charge is -2.37. The summed E-state index contributed by atoms with van der Waals surface area (Å²) in [5.74, 6) is 0.641. The van der Waals surface area contributed by atoms with Gasteiger partial charge in [-0.05, 0) is 50.4 Å². The monoisotopic (exact) mass is 459 g/mol. The van der Waals surface area contributed by atoms with Gasteiger partial charge >= 0.3 is 0 Å². The molecule has 4 rings (SSSR count). The molecule has 0 aliphatic carbocycles. The van der Waals surface area contributed by atoms with Crippen molar-refractivity contribution in [3.8, 4) is 11.4 Å². The van der Waals surface area contributed by atoms with E-state index in [0.717, 1.165) is 18.8 Å². The van der Waals surface area contributed by atoms with E-state index in [9.17, 15) is 4.79 Å². The molecule has 3 aromatic rings. The summed E-state index contributed by atoms with van der Waals surface area (Å²) in [5, 5.41) is 4.59. The van der Waals surface area contributed by atoms with E-state index in [1.807, 2.05) is 48.5 Å². The Morgan fingerprint density at radius 1 is 1.15 bits per heavy atom. The van der Waals surface area contributed by atoms with Gasteiger partial charge in [0, 0.05) is 37.1 Å². The molecule has 0 spiro atoms. The van der Waals surface area contributed by atoms with Crippen LogP contribution in [-0.4, -0.2) is 47.9 Å². The maximum Gasteiger partial charge on any atom is 0.209 e. The van der Waals surface area contributed by atoms with Crippen LogP contribution in [-0.2, 0) is 4.74 Å². The van der Waals surface area contributed by atoms with E-state index in [1.165, 1.54) is 12.3 Å². The van der Waals surface area contributed by atoms with Crippen LogP contribution in [0.25, 0.3) is 5.69 Å². The lowest BCUT2D eigenvalue weighted by atomic mass is 10.1. The molecule has 8 nitrogen and oxygen atoms in total. The van der Waals surface area contributed by atoms with Gasteiger partial charge in [-0.1, -0.05) is 18.2 Å². The number of aliphatic imine (C=N–C) groups is 1. The van der Waals surface area contributed by atoms with Crippen LogP contribution in [0.2, 0.25) is 0 Å². The number of rotatable bonds is 6. The number of aromatic nitrogens is 2. The predicted octanol–water partition coefficient (Wildman–Crippen LogP) is 3.45. The molecular weight excluding hydrogens is 430 g/mol. The topological polar surface area (TPSA) is 95.0 Å². The van der Waals surface area contributed by atoms with Crippen LogP contribution in [0.4, 0.5) is 11.4 Å². The number of benzene rings is 2. The molecule has 0 saturated carbocycles. The highest BCUT2D eigenvalue weighted by atomic mass is 16.5. The third kappa shape index (κ3) is 5.18. The van der Waals surface area contributed by atoms with Gasteiger partial charge in [-0.15, -0.1) is 0 Å². The number of allylic oxidation sites excluding steroid dienone is 1. The zero-order valence-corrected chi connectivity index (χ0v) is 19.6. The van der Waals surface area contributed by atoms with E-state index in [2.05, 4.69) is 28.8 Å². The van der Waals surface area contributed by atoms with Crippen LogP contribution < -0.4 is 20.8 Å². The number of para-hydroxylation sites is 1. The lowest BCUT2D eigenvalue weighted by molar-refractivity contribution is -0.00522. The highest BCUT2D eigenvalue weighted by molar-refractivity contribution is 6.08. The summed E-state index contributed by atoms with van der Waals surface area (Å²) in [7, 11) is 1.62. The van der Waals surface area contributed by atoms with Gasteiger partial charge in [0.05, 0.1) is 30.7 Å². The van der Waals surface area contributed by atoms with Crippen molar-refractivity contribution >= 4 is 17.1 Å². The van der Waals surface area contributed by atoms with E-state index in [1.54, 1.807) is 24.1 Å². The average molecular weight is 460 g/mol. The highest BCUT2D eigenvalue weighted by Crippen LogP contribution is 2.30. The van der Waals surface area contributed by atoms with Crippen molar-refractivity contribution < 1.29 is 9.47 Å².